The van der Waals surface area contributed by atoms with Crippen LogP contribution in [0.25, 0.3) is 0 Å². The largest absolute Gasteiger partial charge is 0.414 e. The monoisotopic (exact) mass is 501 g/mol. The minimum atomic E-state index is -2.04. The number of rotatable bonds is 8. The lowest BCUT2D eigenvalue weighted by Gasteiger charge is -2.37. The maximum absolute atomic E-state index is 12.0. The third-order valence-corrected chi connectivity index (χ3v) is 11.1. The maximum atomic E-state index is 12.0. The Morgan fingerprint density at radius 2 is 2.09 bits per heavy atom. The molecule has 2 heterocycles. The lowest BCUT2D eigenvalue weighted by Crippen LogP contribution is -2.45. The third kappa shape index (κ3) is 6.73. The number of guanidine groups is 1. The van der Waals surface area contributed by atoms with Crippen molar-refractivity contribution in [3.8, 4) is 0 Å². The minimum Gasteiger partial charge on any atom is -0.414 e. The summed E-state index contributed by atoms with van der Waals surface area (Å²) in [6.45, 7) is 13.5. The molecule has 4 N–H and O–H groups in total. The molecule has 0 aromatic carbocycles. The minimum absolute atomic E-state index is 0.0297. The molecule has 0 saturated carbocycles. The quantitative estimate of drug-likeness (QED) is 0.140. The van der Waals surface area contributed by atoms with Crippen LogP contribution in [-0.2, 0) is 13.9 Å². The molecule has 1 saturated heterocycles. The zero-order valence-corrected chi connectivity index (χ0v) is 22.7. The number of aliphatic hydroxyl groups is 1. The van der Waals surface area contributed by atoms with E-state index >= 15 is 0 Å². The van der Waals surface area contributed by atoms with E-state index in [0.29, 0.717) is 24.7 Å². The van der Waals surface area contributed by atoms with E-state index in [1.807, 2.05) is 0 Å². The van der Waals surface area contributed by atoms with Crippen LogP contribution in [0.2, 0.25) is 18.1 Å². The zero-order valence-electron chi connectivity index (χ0n) is 20.9. The number of hydrogen-bond donors (Lipinski definition) is 4. The number of aliphatic imine (C=N–C) groups is 1. The second kappa shape index (κ2) is 11.2. The Hall–Kier alpha value is -1.57. The molecule has 1 aliphatic heterocycles. The van der Waals surface area contributed by atoms with Crippen LogP contribution in [0.1, 0.15) is 32.6 Å². The van der Waals surface area contributed by atoms with Crippen molar-refractivity contribution >= 4 is 26.5 Å². The van der Waals surface area contributed by atoms with Crippen LogP contribution in [0.3, 0.4) is 0 Å². The molecule has 0 spiro atoms. The summed E-state index contributed by atoms with van der Waals surface area (Å²) in [5, 5.41) is 17.2. The van der Waals surface area contributed by atoms with E-state index in [9.17, 15) is 9.90 Å². The summed E-state index contributed by atoms with van der Waals surface area (Å²) in [6.07, 6.45) is -1.31. The van der Waals surface area contributed by atoms with Crippen LogP contribution in [0.15, 0.2) is 16.0 Å². The highest BCUT2D eigenvalue weighted by Gasteiger charge is 2.47. The number of ether oxygens (including phenoxy) is 2. The van der Waals surface area contributed by atoms with Crippen molar-refractivity contribution in [2.75, 3.05) is 33.9 Å². The van der Waals surface area contributed by atoms with E-state index in [1.54, 1.807) is 31.8 Å². The van der Waals surface area contributed by atoms with Gasteiger partial charge in [0.2, 0.25) is 0 Å². The molecular formula is C21H39N5O5SSi. The summed E-state index contributed by atoms with van der Waals surface area (Å²) >= 11 is 5.37. The van der Waals surface area contributed by atoms with Gasteiger partial charge in [-0.1, -0.05) is 20.8 Å². The van der Waals surface area contributed by atoms with E-state index in [4.69, 9.17) is 26.1 Å². The van der Waals surface area contributed by atoms with E-state index in [-0.39, 0.29) is 22.0 Å². The van der Waals surface area contributed by atoms with Gasteiger partial charge in [0.05, 0.1) is 13.2 Å². The van der Waals surface area contributed by atoms with Crippen LogP contribution in [0.5, 0.6) is 0 Å². The number of nitrogens with one attached hydrogen (secondary N) is 3. The van der Waals surface area contributed by atoms with Gasteiger partial charge in [0.1, 0.15) is 18.3 Å². The zero-order chi connectivity index (χ0) is 25.0. The molecule has 12 heteroatoms. The number of aromatic amines is 1. The average molecular weight is 502 g/mol. The molecule has 1 aromatic heterocycles. The van der Waals surface area contributed by atoms with Gasteiger partial charge in [0.25, 0.3) is 5.56 Å². The van der Waals surface area contributed by atoms with E-state index in [2.05, 4.69) is 54.5 Å². The van der Waals surface area contributed by atoms with Crippen LogP contribution >= 0.6 is 12.2 Å². The lowest BCUT2D eigenvalue weighted by atomic mass is 10.1. The lowest BCUT2D eigenvalue weighted by molar-refractivity contribution is -0.0717. The van der Waals surface area contributed by atoms with Crippen molar-refractivity contribution in [3.05, 3.63) is 26.9 Å². The van der Waals surface area contributed by atoms with Crippen molar-refractivity contribution in [3.63, 3.8) is 0 Å². The summed E-state index contributed by atoms with van der Waals surface area (Å²) in [6, 6.07) is 0. The number of H-pyrrole nitrogens is 1. The third-order valence-electron chi connectivity index (χ3n) is 6.31. The molecule has 0 radical (unpaired) electrons. The first-order valence-electron chi connectivity index (χ1n) is 11.1. The van der Waals surface area contributed by atoms with Gasteiger partial charge < -0.3 is 29.6 Å². The second-order valence-corrected chi connectivity index (χ2v) is 14.9. The van der Waals surface area contributed by atoms with Gasteiger partial charge in [0, 0.05) is 32.4 Å². The summed E-state index contributed by atoms with van der Waals surface area (Å²) in [7, 11) is 1.41. The van der Waals surface area contributed by atoms with Crippen molar-refractivity contribution in [2.24, 2.45) is 4.99 Å². The Morgan fingerprint density at radius 1 is 1.42 bits per heavy atom. The second-order valence-electron chi connectivity index (χ2n) is 9.69. The Morgan fingerprint density at radius 3 is 2.67 bits per heavy atom. The van der Waals surface area contributed by atoms with Crippen molar-refractivity contribution in [1.29, 1.82) is 0 Å². The number of aryl methyl sites for hydroxylation is 1. The van der Waals surface area contributed by atoms with E-state index in [0.717, 1.165) is 0 Å². The average Bonchev–Trinajstić information content (AvgIpc) is 3.04. The van der Waals surface area contributed by atoms with Gasteiger partial charge in [-0.25, -0.2) is 0 Å². The molecule has 1 aliphatic rings. The molecule has 2 rings (SSSR count). The molecular weight excluding hydrogens is 462 g/mol. The SMILES string of the molecule is CN=C(NC)NCCOC1[C@@H](O)[C@@H](CO[Si](C)(C)C(C)(C)C)O[C@H]1n1cc(C)c(=O)[nH]c1=S. The van der Waals surface area contributed by atoms with Crippen LogP contribution in [0, 0.1) is 11.7 Å². The number of hydrogen-bond acceptors (Lipinski definition) is 7. The molecule has 4 atom stereocenters. The van der Waals surface area contributed by atoms with Crippen LogP contribution < -0.4 is 16.2 Å². The molecule has 0 bridgehead atoms. The summed E-state index contributed by atoms with van der Waals surface area (Å²) < 4.78 is 20.4. The first-order chi connectivity index (χ1) is 15.3. The summed E-state index contributed by atoms with van der Waals surface area (Å²) in [4.78, 5) is 18.7. The van der Waals surface area contributed by atoms with E-state index < -0.39 is 32.9 Å². The highest BCUT2D eigenvalue weighted by atomic mass is 32.1. The van der Waals surface area contributed by atoms with Crippen molar-refractivity contribution in [2.45, 2.75) is 70.4 Å². The molecule has 33 heavy (non-hydrogen) atoms. The van der Waals surface area contributed by atoms with Gasteiger partial charge >= 0.3 is 0 Å². The molecule has 188 valence electrons. The fraction of sp³-hybridized carbons (Fsp3) is 0.762. The number of aliphatic hydroxyl groups excluding tert-OH is 1. The molecule has 1 unspecified atom stereocenters. The van der Waals surface area contributed by atoms with Gasteiger partial charge in [-0.05, 0) is 37.3 Å². The molecule has 10 nitrogen and oxygen atoms in total. The molecule has 1 aromatic rings. The fourth-order valence-electron chi connectivity index (χ4n) is 3.19. The molecule has 0 amide bonds. The summed E-state index contributed by atoms with van der Waals surface area (Å²) in [5.74, 6) is 0.637. The molecule has 0 aliphatic carbocycles. The van der Waals surface area contributed by atoms with Crippen molar-refractivity contribution < 1.29 is 19.0 Å². The van der Waals surface area contributed by atoms with Crippen LogP contribution in [-0.4, -0.2) is 81.1 Å². The predicted molar refractivity (Wildman–Crippen MR) is 134 cm³/mol. The Bertz CT molecular complexity index is 942. The topological polar surface area (TPSA) is 122 Å². The van der Waals surface area contributed by atoms with Gasteiger partial charge in [0.15, 0.2) is 25.3 Å². The Labute approximate surface area is 201 Å². The fourth-order valence-corrected chi connectivity index (χ4v) is 4.45. The maximum Gasteiger partial charge on any atom is 0.254 e. The van der Waals surface area contributed by atoms with E-state index in [1.165, 1.54) is 0 Å². The highest BCUT2D eigenvalue weighted by Crippen LogP contribution is 2.38. The van der Waals surface area contributed by atoms with Crippen molar-refractivity contribution in [1.82, 2.24) is 20.2 Å². The summed E-state index contributed by atoms with van der Waals surface area (Å²) in [5.41, 5.74) is 0.230. The van der Waals surface area contributed by atoms with Gasteiger partial charge in [-0.3, -0.25) is 19.3 Å². The first-order valence-corrected chi connectivity index (χ1v) is 14.4. The number of aromatic nitrogens is 2. The Balaban J connectivity index is 2.22. The molecule has 1 fully saturated rings. The van der Waals surface area contributed by atoms with Crippen LogP contribution in [0.4, 0.5) is 0 Å². The Kier molecular flexibility index (Phi) is 9.42. The van der Waals surface area contributed by atoms with Gasteiger partial charge in [-0.15, -0.1) is 0 Å². The first kappa shape index (κ1) is 27.7. The standard InChI is InChI=1S/C21H39N5O5SSi/c1-13-11-26(20(32)25-17(13)28)18-16(29-10-9-24-19(22-5)23-6)15(27)14(31-18)12-30-33(7,8)21(2,3)4/h11,14-16,18,27H,9-10,12H2,1-8H3,(H2,22,23,24)(H,25,28,32)/t14-,15+,16?,18-/m1/s1. The highest BCUT2D eigenvalue weighted by molar-refractivity contribution is 7.71. The van der Waals surface area contributed by atoms with Gasteiger partial charge in [-0.2, -0.15) is 0 Å². The number of nitrogens with zero attached hydrogens (tertiary/aromatic N) is 2. The predicted octanol–water partition coefficient (Wildman–Crippen LogP) is 1.67. The normalized spacial score (nSPS) is 24.2. The smallest absolute Gasteiger partial charge is 0.254 e.